The smallest absolute Gasteiger partial charge is 0.231 e. The minimum absolute atomic E-state index is 0. The van der Waals surface area contributed by atoms with Gasteiger partial charge in [0.15, 0.2) is 0 Å². The van der Waals surface area contributed by atoms with Gasteiger partial charge >= 0.3 is 0 Å². The molecule has 1 saturated carbocycles. The summed E-state index contributed by atoms with van der Waals surface area (Å²) < 4.78 is 25.7. The molecule has 0 radical (unpaired) electrons. The molecule has 1 aliphatic heterocycles. The number of rotatable bonds is 8. The van der Waals surface area contributed by atoms with Gasteiger partial charge in [0.05, 0.1) is 23.8 Å². The van der Waals surface area contributed by atoms with Crippen LogP contribution in [0.2, 0.25) is 0 Å². The monoisotopic (exact) mass is 477 g/mol. The van der Waals surface area contributed by atoms with Crippen LogP contribution in [0.15, 0.2) is 54.6 Å². The Morgan fingerprint density at radius 1 is 1.19 bits per heavy atom. The van der Waals surface area contributed by atoms with E-state index >= 15 is 0 Å². The van der Waals surface area contributed by atoms with Crippen molar-refractivity contribution < 1.29 is 18.3 Å². The lowest BCUT2D eigenvalue weighted by Gasteiger charge is -2.27. The number of aliphatic hydroxyl groups excluding tert-OH is 1. The third-order valence-corrected chi connectivity index (χ3v) is 6.71. The SMILES string of the molecule is CS(=O)(=O)Nc1cccc(C2(C(=O)N[C@H](CN3CC[C@H](O)C3)c3ccccc3)CC2)c1.S. The molecule has 0 unspecified atom stereocenters. The highest BCUT2D eigenvalue weighted by molar-refractivity contribution is 7.92. The number of hydrogen-bond donors (Lipinski definition) is 3. The van der Waals surface area contributed by atoms with Gasteiger partial charge in [-0.25, -0.2) is 8.42 Å². The minimum Gasteiger partial charge on any atom is -0.392 e. The number of likely N-dealkylation sites (tertiary alicyclic amines) is 1. The molecule has 0 bridgehead atoms. The number of amides is 1. The van der Waals surface area contributed by atoms with Crippen molar-refractivity contribution in [2.75, 3.05) is 30.6 Å². The van der Waals surface area contributed by atoms with E-state index in [0.717, 1.165) is 43.2 Å². The molecule has 2 aromatic carbocycles. The zero-order valence-corrected chi connectivity index (χ0v) is 19.9. The van der Waals surface area contributed by atoms with E-state index in [0.29, 0.717) is 18.8 Å². The van der Waals surface area contributed by atoms with Gasteiger partial charge in [0.1, 0.15) is 0 Å². The number of anilines is 1. The van der Waals surface area contributed by atoms with Gasteiger partial charge in [0, 0.05) is 25.3 Å². The van der Waals surface area contributed by atoms with E-state index in [1.807, 2.05) is 36.4 Å². The fraction of sp³-hybridized carbons (Fsp3) is 0.435. The van der Waals surface area contributed by atoms with Crippen LogP contribution in [-0.4, -0.2) is 56.3 Å². The molecule has 1 aliphatic carbocycles. The zero-order chi connectivity index (χ0) is 22.1. The van der Waals surface area contributed by atoms with Crippen LogP contribution < -0.4 is 10.0 Å². The Morgan fingerprint density at radius 3 is 2.50 bits per heavy atom. The van der Waals surface area contributed by atoms with Crippen molar-refractivity contribution in [3.8, 4) is 0 Å². The van der Waals surface area contributed by atoms with Crippen LogP contribution in [0.3, 0.4) is 0 Å². The summed E-state index contributed by atoms with van der Waals surface area (Å²) in [6.45, 7) is 2.06. The van der Waals surface area contributed by atoms with Gasteiger partial charge in [0.25, 0.3) is 0 Å². The van der Waals surface area contributed by atoms with E-state index in [-0.39, 0.29) is 31.5 Å². The van der Waals surface area contributed by atoms with Crippen LogP contribution in [0.25, 0.3) is 0 Å². The number of nitrogens with one attached hydrogen (secondary N) is 2. The lowest BCUT2D eigenvalue weighted by molar-refractivity contribution is -0.124. The number of benzene rings is 2. The molecule has 2 fully saturated rings. The van der Waals surface area contributed by atoms with Gasteiger partial charge in [-0.2, -0.15) is 13.5 Å². The van der Waals surface area contributed by atoms with Crippen LogP contribution in [0.1, 0.15) is 36.4 Å². The first-order valence-corrected chi connectivity index (χ1v) is 12.5. The van der Waals surface area contributed by atoms with Crippen LogP contribution in [0, 0.1) is 0 Å². The van der Waals surface area contributed by atoms with Crippen molar-refractivity contribution in [3.63, 3.8) is 0 Å². The number of sulfonamides is 1. The first kappa shape index (κ1) is 24.6. The maximum Gasteiger partial charge on any atom is 0.231 e. The Labute approximate surface area is 196 Å². The summed E-state index contributed by atoms with van der Waals surface area (Å²) >= 11 is 0. The second-order valence-corrected chi connectivity index (χ2v) is 10.4. The van der Waals surface area contributed by atoms with Gasteiger partial charge < -0.3 is 10.4 Å². The highest BCUT2D eigenvalue weighted by Crippen LogP contribution is 2.49. The average Bonchev–Trinajstić information content (AvgIpc) is 3.44. The molecule has 9 heteroatoms. The summed E-state index contributed by atoms with van der Waals surface area (Å²) in [5, 5.41) is 13.1. The molecule has 0 spiro atoms. The van der Waals surface area contributed by atoms with Gasteiger partial charge in [0.2, 0.25) is 15.9 Å². The van der Waals surface area contributed by atoms with Crippen molar-refractivity contribution in [2.45, 2.75) is 36.8 Å². The summed E-state index contributed by atoms with van der Waals surface area (Å²) in [6, 6.07) is 16.8. The third-order valence-electron chi connectivity index (χ3n) is 6.10. The maximum atomic E-state index is 13.4. The van der Waals surface area contributed by atoms with Crippen LogP contribution in [0.5, 0.6) is 0 Å². The normalized spacial score (nSPS) is 20.8. The van der Waals surface area contributed by atoms with Crippen molar-refractivity contribution in [3.05, 3.63) is 65.7 Å². The van der Waals surface area contributed by atoms with Crippen molar-refractivity contribution >= 4 is 35.1 Å². The molecular weight excluding hydrogens is 446 g/mol. The molecule has 2 aromatic rings. The Morgan fingerprint density at radius 2 is 1.91 bits per heavy atom. The number of carbonyl (C=O) groups excluding carboxylic acids is 1. The molecule has 2 aliphatic rings. The molecule has 1 heterocycles. The van der Waals surface area contributed by atoms with Crippen molar-refractivity contribution in [1.29, 1.82) is 0 Å². The molecule has 3 N–H and O–H groups in total. The average molecular weight is 478 g/mol. The molecular formula is C23H31N3O4S2. The van der Waals surface area contributed by atoms with Gasteiger partial charge in [-0.05, 0) is 42.5 Å². The fourth-order valence-corrected chi connectivity index (χ4v) is 4.87. The second-order valence-electron chi connectivity index (χ2n) is 8.68. The molecule has 32 heavy (non-hydrogen) atoms. The molecule has 1 amide bonds. The van der Waals surface area contributed by atoms with Crippen LogP contribution in [-0.2, 0) is 20.2 Å². The summed E-state index contributed by atoms with van der Waals surface area (Å²) in [4.78, 5) is 15.6. The van der Waals surface area contributed by atoms with Gasteiger partial charge in [-0.3, -0.25) is 14.4 Å². The first-order valence-electron chi connectivity index (χ1n) is 10.6. The van der Waals surface area contributed by atoms with E-state index in [2.05, 4.69) is 14.9 Å². The molecule has 174 valence electrons. The predicted molar refractivity (Wildman–Crippen MR) is 131 cm³/mol. The van der Waals surface area contributed by atoms with E-state index in [1.54, 1.807) is 18.2 Å². The molecule has 4 rings (SSSR count). The number of nitrogens with zero attached hydrogens (tertiary/aromatic N) is 1. The summed E-state index contributed by atoms with van der Waals surface area (Å²) in [6.07, 6.45) is 3.00. The Kier molecular flexibility index (Phi) is 7.54. The van der Waals surface area contributed by atoms with E-state index in [9.17, 15) is 18.3 Å². The predicted octanol–water partition coefficient (Wildman–Crippen LogP) is 2.13. The van der Waals surface area contributed by atoms with Crippen LogP contribution in [0.4, 0.5) is 5.69 Å². The quantitative estimate of drug-likeness (QED) is 0.541. The van der Waals surface area contributed by atoms with Gasteiger partial charge in [-0.15, -0.1) is 0 Å². The largest absolute Gasteiger partial charge is 0.392 e. The number of carbonyl (C=O) groups is 1. The van der Waals surface area contributed by atoms with E-state index < -0.39 is 15.4 Å². The number of hydrogen-bond acceptors (Lipinski definition) is 5. The Hall–Kier alpha value is -2.07. The topological polar surface area (TPSA) is 98.7 Å². The van der Waals surface area contributed by atoms with E-state index in [1.165, 1.54) is 0 Å². The molecule has 7 nitrogen and oxygen atoms in total. The number of aliphatic hydroxyl groups is 1. The Balaban J connectivity index is 0.00000289. The highest BCUT2D eigenvalue weighted by Gasteiger charge is 2.51. The van der Waals surface area contributed by atoms with Gasteiger partial charge in [-0.1, -0.05) is 42.5 Å². The molecule has 2 atom stereocenters. The maximum absolute atomic E-state index is 13.4. The molecule has 1 saturated heterocycles. The molecule has 0 aromatic heterocycles. The lowest BCUT2D eigenvalue weighted by Crippen LogP contribution is -2.42. The summed E-state index contributed by atoms with van der Waals surface area (Å²) in [7, 11) is -3.39. The third kappa shape index (κ3) is 5.83. The lowest BCUT2D eigenvalue weighted by atomic mass is 9.93. The fourth-order valence-electron chi connectivity index (χ4n) is 4.32. The minimum atomic E-state index is -3.39. The van der Waals surface area contributed by atoms with Crippen LogP contribution >= 0.6 is 13.5 Å². The summed E-state index contributed by atoms with van der Waals surface area (Å²) in [5.41, 5.74) is 1.68. The van der Waals surface area contributed by atoms with Crippen molar-refractivity contribution in [2.24, 2.45) is 0 Å². The first-order chi connectivity index (χ1) is 14.7. The second kappa shape index (κ2) is 9.82. The Bertz CT molecular complexity index is 1040. The highest BCUT2D eigenvalue weighted by atomic mass is 32.2. The van der Waals surface area contributed by atoms with E-state index in [4.69, 9.17) is 0 Å². The standard InChI is InChI=1S/C23H29N3O4S.H2S/c1-31(29,30)25-19-9-5-8-18(14-19)23(11-12-23)22(28)24-21(17-6-3-2-4-7-17)16-26-13-10-20(27)15-26;/h2-9,14,20-21,25,27H,10-13,15-16H2,1H3,(H,24,28);1H2/t20-,21+;/m0./s1. The zero-order valence-electron chi connectivity index (χ0n) is 18.1. The number of β-amino-alcohol motifs (C(OH)–C–C–N with tert-alkyl or cyclic N) is 1. The van der Waals surface area contributed by atoms with Crippen molar-refractivity contribution in [1.82, 2.24) is 10.2 Å². The summed E-state index contributed by atoms with van der Waals surface area (Å²) in [5.74, 6) is -0.0439.